The van der Waals surface area contributed by atoms with Crippen molar-refractivity contribution in [2.24, 2.45) is 5.41 Å². The van der Waals surface area contributed by atoms with Gasteiger partial charge in [0.15, 0.2) is 5.78 Å². The van der Waals surface area contributed by atoms with Gasteiger partial charge in [-0.25, -0.2) is 0 Å². The molecule has 3 heteroatoms. The Kier molecular flexibility index (Phi) is 3.23. The van der Waals surface area contributed by atoms with Crippen molar-refractivity contribution in [2.45, 2.75) is 38.5 Å². The van der Waals surface area contributed by atoms with Gasteiger partial charge in [0.05, 0.1) is 6.07 Å². The first-order valence-corrected chi connectivity index (χ1v) is 6.01. The average molecular weight is 228 g/mol. The van der Waals surface area contributed by atoms with E-state index in [0.29, 0.717) is 5.56 Å². The number of pyridine rings is 1. The minimum absolute atomic E-state index is 0.0606. The molecule has 0 radical (unpaired) electrons. The third kappa shape index (κ3) is 2.21. The van der Waals surface area contributed by atoms with Crippen LogP contribution in [0.1, 0.15) is 44.1 Å². The number of rotatable bonds is 3. The summed E-state index contributed by atoms with van der Waals surface area (Å²) < 4.78 is 0. The Balaban J connectivity index is 2.26. The lowest BCUT2D eigenvalue weighted by Gasteiger charge is -2.24. The zero-order valence-corrected chi connectivity index (χ0v) is 10.0. The molecule has 1 saturated carbocycles. The fraction of sp³-hybridized carbons (Fsp3) is 0.500. The topological polar surface area (TPSA) is 53.8 Å². The molecule has 1 aromatic rings. The largest absolute Gasteiger partial charge is 0.297 e. The van der Waals surface area contributed by atoms with Gasteiger partial charge in [0.25, 0.3) is 0 Å². The smallest absolute Gasteiger partial charge is 0.160 e. The van der Waals surface area contributed by atoms with Crippen LogP contribution in [0.2, 0.25) is 0 Å². The van der Waals surface area contributed by atoms with Crippen molar-refractivity contribution >= 4 is 5.78 Å². The van der Waals surface area contributed by atoms with Crippen LogP contribution >= 0.6 is 0 Å². The Morgan fingerprint density at radius 1 is 1.53 bits per heavy atom. The van der Waals surface area contributed by atoms with Gasteiger partial charge in [0.2, 0.25) is 0 Å². The Hall–Kier alpha value is -1.69. The minimum Gasteiger partial charge on any atom is -0.297 e. The van der Waals surface area contributed by atoms with Gasteiger partial charge in [-0.1, -0.05) is 25.8 Å². The van der Waals surface area contributed by atoms with E-state index in [4.69, 9.17) is 0 Å². The van der Waals surface area contributed by atoms with Crippen molar-refractivity contribution in [2.75, 3.05) is 0 Å². The predicted molar refractivity (Wildman–Crippen MR) is 64.2 cm³/mol. The summed E-state index contributed by atoms with van der Waals surface area (Å²) in [6, 6.07) is 5.70. The second-order valence-corrected chi connectivity index (χ2v) is 4.98. The molecule has 17 heavy (non-hydrogen) atoms. The second kappa shape index (κ2) is 4.67. The van der Waals surface area contributed by atoms with Crippen molar-refractivity contribution in [1.29, 1.82) is 5.26 Å². The van der Waals surface area contributed by atoms with Crippen LogP contribution in [-0.2, 0) is 4.79 Å². The van der Waals surface area contributed by atoms with Gasteiger partial charge in [-0.2, -0.15) is 5.26 Å². The molecule has 1 aliphatic rings. The zero-order valence-electron chi connectivity index (χ0n) is 10.0. The molecule has 1 unspecified atom stereocenters. The molecule has 2 rings (SSSR count). The van der Waals surface area contributed by atoms with Gasteiger partial charge in [0.1, 0.15) is 5.92 Å². The number of hydrogen-bond donors (Lipinski definition) is 0. The van der Waals surface area contributed by atoms with Crippen LogP contribution in [0.3, 0.4) is 0 Å². The summed E-state index contributed by atoms with van der Waals surface area (Å²) in [5.41, 5.74) is 0.407. The number of Topliss-reactive ketones (excluding diaryl/α,β-unsaturated/α-hetero) is 1. The van der Waals surface area contributed by atoms with Crippen molar-refractivity contribution in [3.8, 4) is 6.07 Å². The van der Waals surface area contributed by atoms with E-state index in [9.17, 15) is 10.1 Å². The van der Waals surface area contributed by atoms with E-state index >= 15 is 0 Å². The Bertz CT molecular complexity index is 441. The fourth-order valence-corrected chi connectivity index (χ4v) is 2.58. The van der Waals surface area contributed by atoms with E-state index < -0.39 is 5.92 Å². The Labute approximate surface area is 101 Å². The molecule has 0 aliphatic heterocycles. The summed E-state index contributed by atoms with van der Waals surface area (Å²) in [5, 5.41) is 9.23. The quantitative estimate of drug-likeness (QED) is 0.799. The molecule has 1 aliphatic carbocycles. The van der Waals surface area contributed by atoms with Crippen molar-refractivity contribution in [3.05, 3.63) is 30.1 Å². The molecule has 0 aromatic carbocycles. The molecule has 0 saturated heterocycles. The van der Waals surface area contributed by atoms with Crippen LogP contribution in [0.4, 0.5) is 0 Å². The van der Waals surface area contributed by atoms with Gasteiger partial charge in [0, 0.05) is 17.8 Å². The number of nitrogens with zero attached hydrogens (tertiary/aromatic N) is 2. The van der Waals surface area contributed by atoms with Crippen LogP contribution in [0.15, 0.2) is 24.5 Å². The average Bonchev–Trinajstić information content (AvgIpc) is 2.80. The van der Waals surface area contributed by atoms with Gasteiger partial charge in [-0.3, -0.25) is 9.78 Å². The lowest BCUT2D eigenvalue weighted by molar-refractivity contribution is -0.128. The number of aromatic nitrogens is 1. The molecule has 1 atom stereocenters. The Morgan fingerprint density at radius 2 is 2.24 bits per heavy atom. The van der Waals surface area contributed by atoms with Gasteiger partial charge in [-0.05, 0) is 24.5 Å². The van der Waals surface area contributed by atoms with E-state index in [1.165, 1.54) is 0 Å². The van der Waals surface area contributed by atoms with Gasteiger partial charge in [-0.15, -0.1) is 0 Å². The summed E-state index contributed by atoms with van der Waals surface area (Å²) in [5.74, 6) is -0.600. The monoisotopic (exact) mass is 228 g/mol. The lowest BCUT2D eigenvalue weighted by atomic mass is 9.76. The lowest BCUT2D eigenvalue weighted by Crippen LogP contribution is -2.29. The van der Waals surface area contributed by atoms with E-state index in [0.717, 1.165) is 25.7 Å². The third-order valence-electron chi connectivity index (χ3n) is 3.71. The highest BCUT2D eigenvalue weighted by Crippen LogP contribution is 2.41. The van der Waals surface area contributed by atoms with Crippen LogP contribution in [0.25, 0.3) is 0 Å². The maximum absolute atomic E-state index is 12.4. The highest BCUT2D eigenvalue weighted by molar-refractivity contribution is 5.93. The second-order valence-electron chi connectivity index (χ2n) is 4.98. The first-order valence-electron chi connectivity index (χ1n) is 6.01. The van der Waals surface area contributed by atoms with Crippen molar-refractivity contribution < 1.29 is 4.79 Å². The van der Waals surface area contributed by atoms with Crippen LogP contribution in [0, 0.1) is 16.7 Å². The predicted octanol–water partition coefficient (Wildman–Crippen LogP) is 2.84. The maximum Gasteiger partial charge on any atom is 0.160 e. The van der Waals surface area contributed by atoms with E-state index in [2.05, 4.69) is 11.1 Å². The van der Waals surface area contributed by atoms with Gasteiger partial charge < -0.3 is 0 Å². The summed E-state index contributed by atoms with van der Waals surface area (Å²) in [6.07, 6.45) is 7.26. The molecule has 1 fully saturated rings. The fourth-order valence-electron chi connectivity index (χ4n) is 2.58. The molecule has 88 valence electrons. The first kappa shape index (κ1) is 11.8. The molecule has 0 bridgehead atoms. The summed E-state index contributed by atoms with van der Waals surface area (Å²) in [7, 11) is 0. The van der Waals surface area contributed by atoms with Crippen molar-refractivity contribution in [3.63, 3.8) is 0 Å². The minimum atomic E-state index is -0.660. The van der Waals surface area contributed by atoms with Crippen LogP contribution < -0.4 is 0 Å². The number of nitriles is 1. The van der Waals surface area contributed by atoms with Gasteiger partial charge >= 0.3 is 0 Å². The highest BCUT2D eigenvalue weighted by atomic mass is 16.1. The molecule has 0 N–H and O–H groups in total. The number of carbonyl (C=O) groups excluding carboxylic acids is 1. The SMILES string of the molecule is CC1(C(=O)C(C#N)c2cccnc2)CCCC1. The van der Waals surface area contributed by atoms with Crippen LogP contribution in [-0.4, -0.2) is 10.8 Å². The number of ketones is 1. The Morgan fingerprint density at radius 3 is 2.76 bits per heavy atom. The number of carbonyl (C=O) groups is 1. The molecule has 1 aromatic heterocycles. The maximum atomic E-state index is 12.4. The summed E-state index contributed by atoms with van der Waals surface area (Å²) >= 11 is 0. The standard InChI is InChI=1S/C14H16N2O/c1-14(6-2-3-7-14)13(17)12(9-15)11-5-4-8-16-10-11/h4-5,8,10,12H,2-3,6-7H2,1H3. The van der Waals surface area contributed by atoms with E-state index in [1.807, 2.05) is 6.92 Å². The van der Waals surface area contributed by atoms with Crippen LogP contribution in [0.5, 0.6) is 0 Å². The van der Waals surface area contributed by atoms with E-state index in [1.54, 1.807) is 24.5 Å². The third-order valence-corrected chi connectivity index (χ3v) is 3.71. The summed E-state index contributed by atoms with van der Waals surface area (Å²) in [4.78, 5) is 16.4. The van der Waals surface area contributed by atoms with E-state index in [-0.39, 0.29) is 11.2 Å². The molecule has 0 amide bonds. The zero-order chi connectivity index (χ0) is 12.3. The highest BCUT2D eigenvalue weighted by Gasteiger charge is 2.40. The molecule has 3 nitrogen and oxygen atoms in total. The summed E-state index contributed by atoms with van der Waals surface area (Å²) in [6.45, 7) is 1.99. The normalized spacial score (nSPS) is 19.5. The first-order chi connectivity index (χ1) is 8.17. The molecule has 1 heterocycles. The molecular weight excluding hydrogens is 212 g/mol. The molecular formula is C14H16N2O. The number of hydrogen-bond acceptors (Lipinski definition) is 3. The molecule has 0 spiro atoms. The van der Waals surface area contributed by atoms with Crippen molar-refractivity contribution in [1.82, 2.24) is 4.98 Å².